The maximum Gasteiger partial charge on any atom is 0.254 e. The second kappa shape index (κ2) is 12.0. The molecule has 2 aromatic rings. The summed E-state index contributed by atoms with van der Waals surface area (Å²) in [7, 11) is 2.04. The van der Waals surface area contributed by atoms with Crippen LogP contribution in [0.15, 0.2) is 24.3 Å². The summed E-state index contributed by atoms with van der Waals surface area (Å²) in [4.78, 5) is 25.4. The van der Waals surface area contributed by atoms with E-state index in [4.69, 9.17) is 21.1 Å². The second-order valence-electron chi connectivity index (χ2n) is 8.33. The fourth-order valence-electron chi connectivity index (χ4n) is 3.76. The first-order valence-electron chi connectivity index (χ1n) is 11.5. The van der Waals surface area contributed by atoms with Gasteiger partial charge in [-0.15, -0.1) is 0 Å². The summed E-state index contributed by atoms with van der Waals surface area (Å²) in [6.45, 7) is 5.90. The Balaban J connectivity index is 1.78. The number of piperidine rings is 1. The lowest BCUT2D eigenvalue weighted by atomic mass is 9.94. The molecule has 1 saturated heterocycles. The number of anilines is 3. The number of primary amides is 1. The Hall–Kier alpha value is -3.71. The van der Waals surface area contributed by atoms with Gasteiger partial charge in [-0.05, 0) is 56.6 Å². The van der Waals surface area contributed by atoms with Crippen molar-refractivity contribution in [2.75, 3.05) is 50.1 Å². The average molecular weight is 465 g/mol. The second-order valence-corrected chi connectivity index (χ2v) is 8.33. The molecule has 34 heavy (non-hydrogen) atoms. The summed E-state index contributed by atoms with van der Waals surface area (Å²) in [5.41, 5.74) is 6.55. The molecule has 3 rings (SSSR count). The van der Waals surface area contributed by atoms with E-state index in [9.17, 15) is 4.79 Å². The molecule has 1 aromatic carbocycles. The minimum atomic E-state index is -0.708. The fraction of sp³-hybridized carbons (Fsp3) is 0.458. The summed E-state index contributed by atoms with van der Waals surface area (Å²) in [5, 5.41) is 19.9. The van der Waals surface area contributed by atoms with Crippen LogP contribution in [0.1, 0.15) is 42.2 Å². The molecule has 1 aromatic heterocycles. The third-order valence-electron chi connectivity index (χ3n) is 5.98. The first-order valence-corrected chi connectivity index (χ1v) is 11.5. The molecule has 0 unspecified atom stereocenters. The van der Waals surface area contributed by atoms with E-state index in [1.807, 2.05) is 36.2 Å². The van der Waals surface area contributed by atoms with Gasteiger partial charge in [-0.1, -0.05) is 6.92 Å². The molecule has 0 radical (unpaired) electrons. The van der Waals surface area contributed by atoms with Crippen LogP contribution in [-0.2, 0) is 0 Å². The number of aromatic nitrogens is 2. The van der Waals surface area contributed by atoms with E-state index in [0.717, 1.165) is 37.9 Å². The molecule has 1 amide bonds. The van der Waals surface area contributed by atoms with Crippen molar-refractivity contribution < 1.29 is 9.53 Å². The van der Waals surface area contributed by atoms with E-state index >= 15 is 0 Å². The topological polar surface area (TPSA) is 144 Å². The maximum absolute atomic E-state index is 12.2. The van der Waals surface area contributed by atoms with Gasteiger partial charge in [-0.2, -0.15) is 10.2 Å². The highest BCUT2D eigenvalue weighted by Crippen LogP contribution is 2.28. The van der Waals surface area contributed by atoms with Crippen LogP contribution in [-0.4, -0.2) is 66.8 Å². The van der Waals surface area contributed by atoms with E-state index in [-0.39, 0.29) is 17.1 Å². The highest BCUT2D eigenvalue weighted by molar-refractivity contribution is 6.04. The molecule has 1 aliphatic rings. The van der Waals surface area contributed by atoms with Crippen LogP contribution in [0.3, 0.4) is 0 Å². The number of carbonyl (C=O) groups excluding carboxylic acids is 1. The van der Waals surface area contributed by atoms with Gasteiger partial charge in [0.1, 0.15) is 29.4 Å². The van der Waals surface area contributed by atoms with Crippen molar-refractivity contribution in [2.24, 2.45) is 11.7 Å². The lowest BCUT2D eigenvalue weighted by Gasteiger charge is -2.31. The molecule has 0 aliphatic carbocycles. The number of hydrogen-bond acceptors (Lipinski definition) is 9. The number of benzene rings is 1. The van der Waals surface area contributed by atoms with Gasteiger partial charge < -0.3 is 31.0 Å². The van der Waals surface area contributed by atoms with Crippen LogP contribution in [0.2, 0.25) is 0 Å². The number of nitrogens with zero attached hydrogens (tertiary/aromatic N) is 5. The predicted molar refractivity (Wildman–Crippen MR) is 132 cm³/mol. The van der Waals surface area contributed by atoms with E-state index in [0.29, 0.717) is 43.7 Å². The molecular weight excluding hydrogens is 432 g/mol. The zero-order chi connectivity index (χ0) is 24.5. The Kier molecular flexibility index (Phi) is 8.76. The van der Waals surface area contributed by atoms with Gasteiger partial charge in [0.15, 0.2) is 0 Å². The van der Waals surface area contributed by atoms with Crippen LogP contribution in [0.4, 0.5) is 17.5 Å². The Bertz CT molecular complexity index is 1030. The molecule has 2 heterocycles. The third kappa shape index (κ3) is 6.42. The zero-order valence-electron chi connectivity index (χ0n) is 19.8. The summed E-state index contributed by atoms with van der Waals surface area (Å²) in [5.74, 6) is 1.10. The molecule has 10 nitrogen and oxygen atoms in total. The number of amides is 1. The summed E-state index contributed by atoms with van der Waals surface area (Å²) in [6, 6.07) is 9.60. The van der Waals surface area contributed by atoms with Gasteiger partial charge in [-0.3, -0.25) is 4.79 Å². The van der Waals surface area contributed by atoms with Gasteiger partial charge in [0.2, 0.25) is 5.95 Å². The number of carbonyl (C=O) groups is 1. The SMILES string of the molecule is CCN(C)CCOc1ccc(Nc2nc(N3CCC(CC#N)CC3)nc(C=N)c2C(N)=O)cc1. The van der Waals surface area contributed by atoms with E-state index in [2.05, 4.69) is 33.2 Å². The predicted octanol–water partition coefficient (Wildman–Crippen LogP) is 2.78. The smallest absolute Gasteiger partial charge is 0.254 e. The van der Waals surface area contributed by atoms with Crippen LogP contribution in [0, 0.1) is 22.7 Å². The van der Waals surface area contributed by atoms with E-state index < -0.39 is 5.91 Å². The van der Waals surface area contributed by atoms with Crippen molar-refractivity contribution in [1.29, 1.82) is 10.7 Å². The third-order valence-corrected chi connectivity index (χ3v) is 5.98. The van der Waals surface area contributed by atoms with Gasteiger partial charge >= 0.3 is 0 Å². The number of rotatable bonds is 11. The lowest BCUT2D eigenvalue weighted by Crippen LogP contribution is -2.35. The first kappa shape index (κ1) is 24.9. The van der Waals surface area contributed by atoms with Crippen LogP contribution < -0.4 is 20.7 Å². The molecule has 10 heteroatoms. The van der Waals surface area contributed by atoms with Gasteiger partial charge in [0.05, 0.1) is 6.07 Å². The molecule has 0 spiro atoms. The summed E-state index contributed by atoms with van der Waals surface area (Å²) < 4.78 is 5.78. The molecule has 1 aliphatic heterocycles. The summed E-state index contributed by atoms with van der Waals surface area (Å²) in [6.07, 6.45) is 3.30. The minimum absolute atomic E-state index is 0.0704. The molecule has 0 bridgehead atoms. The van der Waals surface area contributed by atoms with Crippen LogP contribution >= 0.6 is 0 Å². The monoisotopic (exact) mass is 464 g/mol. The number of nitrogens with one attached hydrogen (secondary N) is 2. The largest absolute Gasteiger partial charge is 0.492 e. The highest BCUT2D eigenvalue weighted by atomic mass is 16.5. The number of ether oxygens (including phenoxy) is 1. The van der Waals surface area contributed by atoms with Crippen molar-refractivity contribution in [3.05, 3.63) is 35.5 Å². The molecule has 180 valence electrons. The van der Waals surface area contributed by atoms with Crippen molar-refractivity contribution in [3.8, 4) is 11.8 Å². The number of nitrogens with two attached hydrogens (primary N) is 1. The molecular formula is C24H32N8O2. The van der Waals surface area contributed by atoms with Crippen molar-refractivity contribution in [2.45, 2.75) is 26.2 Å². The van der Waals surface area contributed by atoms with Gasteiger partial charge in [0, 0.05) is 38.0 Å². The van der Waals surface area contributed by atoms with Gasteiger partial charge in [0.25, 0.3) is 5.91 Å². The number of likely N-dealkylation sites (N-methyl/N-ethyl adjacent to an activating group) is 1. The van der Waals surface area contributed by atoms with Crippen molar-refractivity contribution >= 4 is 29.6 Å². The van der Waals surface area contributed by atoms with Crippen molar-refractivity contribution in [1.82, 2.24) is 14.9 Å². The Morgan fingerprint density at radius 1 is 1.35 bits per heavy atom. The molecule has 0 atom stereocenters. The number of nitriles is 1. The summed E-state index contributed by atoms with van der Waals surface area (Å²) >= 11 is 0. The van der Waals surface area contributed by atoms with E-state index in [1.165, 1.54) is 0 Å². The van der Waals surface area contributed by atoms with E-state index in [1.54, 1.807) is 0 Å². The molecule has 1 fully saturated rings. The Labute approximate surface area is 200 Å². The molecule has 0 saturated carbocycles. The lowest BCUT2D eigenvalue weighted by molar-refractivity contribution is 0.100. The first-order chi connectivity index (χ1) is 16.4. The minimum Gasteiger partial charge on any atom is -0.492 e. The number of hydrogen-bond donors (Lipinski definition) is 3. The Morgan fingerprint density at radius 2 is 2.06 bits per heavy atom. The van der Waals surface area contributed by atoms with Gasteiger partial charge in [-0.25, -0.2) is 4.98 Å². The molecule has 4 N–H and O–H groups in total. The maximum atomic E-state index is 12.2. The Morgan fingerprint density at radius 3 is 2.65 bits per heavy atom. The van der Waals surface area contributed by atoms with Crippen LogP contribution in [0.5, 0.6) is 5.75 Å². The fourth-order valence-corrected chi connectivity index (χ4v) is 3.76. The zero-order valence-corrected chi connectivity index (χ0v) is 19.8. The van der Waals surface area contributed by atoms with Crippen molar-refractivity contribution in [3.63, 3.8) is 0 Å². The van der Waals surface area contributed by atoms with Crippen LogP contribution in [0.25, 0.3) is 0 Å². The normalized spacial score (nSPS) is 14.0. The standard InChI is InChI=1S/C24H32N8O2/c1-3-31(2)14-15-34-19-6-4-18(5-7-19)28-23-21(22(27)33)20(16-26)29-24(30-23)32-12-9-17(8-11-25)10-13-32/h4-7,16-17,26H,3,8-10,12-15H2,1-2H3,(H2,27,33)(H,28,29,30). The quantitative estimate of drug-likeness (QED) is 0.431. The highest BCUT2D eigenvalue weighted by Gasteiger charge is 2.24. The average Bonchev–Trinajstić information content (AvgIpc) is 2.85.